The Morgan fingerprint density at radius 3 is 1.62 bits per heavy atom. The highest BCUT2D eigenvalue weighted by molar-refractivity contribution is 5.70. The maximum atomic E-state index is 12.7. The van der Waals surface area contributed by atoms with E-state index in [1.54, 1.807) is 21.1 Å². The Labute approximate surface area is 319 Å². The van der Waals surface area contributed by atoms with Gasteiger partial charge in [0, 0.05) is 19.3 Å². The number of rotatable bonds is 37. The topological polar surface area (TPSA) is 102 Å². The number of allylic oxidation sites excluding steroid dienone is 6. The van der Waals surface area contributed by atoms with Crippen molar-refractivity contribution in [1.82, 2.24) is 0 Å². The number of carboxylic acids is 1. The van der Waals surface area contributed by atoms with E-state index in [0.29, 0.717) is 12.8 Å². The first-order chi connectivity index (χ1) is 25.1. The van der Waals surface area contributed by atoms with Crippen molar-refractivity contribution in [3.05, 3.63) is 36.5 Å². The Hall–Kier alpha value is -2.45. The molecule has 2 unspecified atom stereocenters. The van der Waals surface area contributed by atoms with Gasteiger partial charge in [-0.05, 0) is 64.2 Å². The van der Waals surface area contributed by atoms with Crippen molar-refractivity contribution in [2.75, 3.05) is 41.0 Å². The number of carbonyl (C=O) groups excluding carboxylic acids is 3. The number of esters is 2. The molecule has 0 radical (unpaired) electrons. The lowest BCUT2D eigenvalue weighted by atomic mass is 10.1. The van der Waals surface area contributed by atoms with Gasteiger partial charge in [0.25, 0.3) is 0 Å². The van der Waals surface area contributed by atoms with Gasteiger partial charge in [-0.3, -0.25) is 9.59 Å². The van der Waals surface area contributed by atoms with Gasteiger partial charge in [-0.2, -0.15) is 0 Å². The molecule has 0 aliphatic rings. The van der Waals surface area contributed by atoms with Crippen molar-refractivity contribution in [1.29, 1.82) is 0 Å². The Balaban J connectivity index is 4.40. The van der Waals surface area contributed by atoms with E-state index in [9.17, 15) is 19.5 Å². The van der Waals surface area contributed by atoms with Crippen LogP contribution in [0.1, 0.15) is 174 Å². The third-order valence-electron chi connectivity index (χ3n) is 9.26. The Kier molecular flexibility index (Phi) is 33.9. The number of quaternary nitrogens is 1. The van der Waals surface area contributed by atoms with Crippen molar-refractivity contribution in [3.8, 4) is 0 Å². The molecule has 2 atom stereocenters. The lowest BCUT2D eigenvalue weighted by molar-refractivity contribution is -0.889. The van der Waals surface area contributed by atoms with Gasteiger partial charge in [-0.25, -0.2) is 0 Å². The Bertz CT molecular complexity index is 953. The van der Waals surface area contributed by atoms with Crippen LogP contribution in [0.15, 0.2) is 36.5 Å². The minimum Gasteiger partial charge on any atom is -0.544 e. The second-order valence-electron chi connectivity index (χ2n) is 15.2. The van der Waals surface area contributed by atoms with Gasteiger partial charge in [0.15, 0.2) is 6.10 Å². The second-order valence-corrected chi connectivity index (χ2v) is 15.2. The van der Waals surface area contributed by atoms with Crippen LogP contribution in [0.2, 0.25) is 0 Å². The number of ether oxygens (including phenoxy) is 3. The number of nitrogens with zero attached hydrogens (tertiary/aromatic N) is 1. The number of carbonyl (C=O) groups is 3. The quantitative estimate of drug-likeness (QED) is 0.0271. The van der Waals surface area contributed by atoms with Crippen molar-refractivity contribution < 1.29 is 38.2 Å². The molecule has 0 aliphatic heterocycles. The van der Waals surface area contributed by atoms with E-state index in [2.05, 4.69) is 50.3 Å². The van der Waals surface area contributed by atoms with Crippen molar-refractivity contribution in [2.45, 2.75) is 187 Å². The first-order valence-corrected chi connectivity index (χ1v) is 21.0. The third kappa shape index (κ3) is 33.4. The maximum Gasteiger partial charge on any atom is 0.306 e. The van der Waals surface area contributed by atoms with E-state index in [0.717, 1.165) is 70.6 Å². The van der Waals surface area contributed by atoms with E-state index in [1.807, 2.05) is 0 Å². The number of hydrogen-bond acceptors (Lipinski definition) is 7. The van der Waals surface area contributed by atoms with E-state index in [-0.39, 0.29) is 42.7 Å². The fourth-order valence-corrected chi connectivity index (χ4v) is 5.98. The van der Waals surface area contributed by atoms with Gasteiger partial charge in [0.05, 0.1) is 40.3 Å². The molecule has 0 saturated heterocycles. The summed E-state index contributed by atoms with van der Waals surface area (Å²) >= 11 is 0. The summed E-state index contributed by atoms with van der Waals surface area (Å²) in [5.41, 5.74) is 0. The fraction of sp³-hybridized carbons (Fsp3) is 0.795. The Morgan fingerprint density at radius 2 is 1.08 bits per heavy atom. The highest BCUT2D eigenvalue weighted by Crippen LogP contribution is 2.13. The van der Waals surface area contributed by atoms with Gasteiger partial charge in [-0.15, -0.1) is 0 Å². The van der Waals surface area contributed by atoms with Gasteiger partial charge in [0.2, 0.25) is 0 Å². The molecule has 0 N–H and O–H groups in total. The zero-order chi connectivity index (χ0) is 38.5. The molecule has 0 aromatic heterocycles. The van der Waals surface area contributed by atoms with Crippen LogP contribution in [-0.4, -0.2) is 75.5 Å². The molecular weight excluding hydrogens is 654 g/mol. The summed E-state index contributed by atoms with van der Waals surface area (Å²) in [5, 5.41) is 11.6. The van der Waals surface area contributed by atoms with E-state index in [4.69, 9.17) is 14.2 Å². The van der Waals surface area contributed by atoms with E-state index in [1.165, 1.54) is 70.6 Å². The summed E-state index contributed by atoms with van der Waals surface area (Å²) in [6.45, 7) is 4.52. The molecule has 0 fully saturated rings. The van der Waals surface area contributed by atoms with E-state index >= 15 is 0 Å². The predicted molar refractivity (Wildman–Crippen MR) is 213 cm³/mol. The van der Waals surface area contributed by atoms with Crippen molar-refractivity contribution >= 4 is 17.9 Å². The summed E-state index contributed by atoms with van der Waals surface area (Å²) in [7, 11) is 5.39. The number of aliphatic carboxylic acids is 1. The van der Waals surface area contributed by atoms with Crippen LogP contribution < -0.4 is 5.11 Å². The molecule has 0 heterocycles. The molecule has 0 rings (SSSR count). The normalized spacial score (nSPS) is 13.3. The largest absolute Gasteiger partial charge is 0.544 e. The van der Waals surface area contributed by atoms with Gasteiger partial charge in [0.1, 0.15) is 12.6 Å². The molecule has 8 heteroatoms. The first-order valence-electron chi connectivity index (χ1n) is 21.0. The van der Waals surface area contributed by atoms with Crippen LogP contribution in [0.4, 0.5) is 0 Å². The molecule has 8 nitrogen and oxygen atoms in total. The summed E-state index contributed by atoms with van der Waals surface area (Å²) in [6.07, 6.45) is 38.8. The minimum absolute atomic E-state index is 0.0335. The summed E-state index contributed by atoms with van der Waals surface area (Å²) in [5.74, 6) is -1.77. The second kappa shape index (κ2) is 35.6. The summed E-state index contributed by atoms with van der Waals surface area (Å²) in [6, 6.07) is -0.728. The molecule has 0 saturated carbocycles. The van der Waals surface area contributed by atoms with E-state index < -0.39 is 18.1 Å². The highest BCUT2D eigenvalue weighted by Gasteiger charge is 2.25. The zero-order valence-corrected chi connectivity index (χ0v) is 34.2. The molecule has 52 heavy (non-hydrogen) atoms. The van der Waals surface area contributed by atoms with Crippen LogP contribution in [0.5, 0.6) is 0 Å². The Morgan fingerprint density at radius 1 is 0.596 bits per heavy atom. The molecule has 302 valence electrons. The van der Waals surface area contributed by atoms with Gasteiger partial charge >= 0.3 is 11.9 Å². The van der Waals surface area contributed by atoms with Crippen molar-refractivity contribution in [2.24, 2.45) is 0 Å². The number of carboxylic acid groups (broad SMARTS) is 1. The van der Waals surface area contributed by atoms with Crippen LogP contribution in [-0.2, 0) is 28.6 Å². The standard InChI is InChI=1S/C44H79NO7/c1-6-8-10-12-14-16-18-20-22-24-26-28-30-32-34-42(46)51-39-40(38-50-37-36-41(44(48)49)45(3,4)5)52-43(47)35-33-31-29-27-25-23-21-19-17-15-13-11-9-7-2/h9,11,15,17,22,24,40-41H,6-8,10,12-14,16,18-21,23,25-39H2,1-5H3/b11-9+,17-15+,24-22+. The average molecular weight is 734 g/mol. The number of hydrogen-bond donors (Lipinski definition) is 0. The smallest absolute Gasteiger partial charge is 0.306 e. The minimum atomic E-state index is -1.13. The molecule has 0 amide bonds. The summed E-state index contributed by atoms with van der Waals surface area (Å²) in [4.78, 5) is 36.7. The average Bonchev–Trinajstić information content (AvgIpc) is 3.09. The van der Waals surface area contributed by atoms with Crippen LogP contribution in [0.25, 0.3) is 0 Å². The van der Waals surface area contributed by atoms with Gasteiger partial charge in [-0.1, -0.05) is 127 Å². The SMILES string of the molecule is CC/C=C/C/C=C/CCCCCCCCCC(=O)OC(COCCC(C(=O)[O-])[N+](C)(C)C)COC(=O)CCCCC/C=C/CCCCCCCCC. The predicted octanol–water partition coefficient (Wildman–Crippen LogP) is 9.74. The number of likely N-dealkylation sites (N-methyl/N-ethyl adjacent to an activating group) is 1. The molecular formula is C44H79NO7. The summed E-state index contributed by atoms with van der Waals surface area (Å²) < 4.78 is 17.1. The molecule has 0 aromatic carbocycles. The van der Waals surface area contributed by atoms with Gasteiger partial charge < -0.3 is 28.6 Å². The lowest BCUT2D eigenvalue weighted by Crippen LogP contribution is -2.55. The monoisotopic (exact) mass is 734 g/mol. The fourth-order valence-electron chi connectivity index (χ4n) is 5.98. The first kappa shape index (κ1) is 49.6. The molecule has 0 bridgehead atoms. The third-order valence-corrected chi connectivity index (χ3v) is 9.26. The number of unbranched alkanes of at least 4 members (excludes halogenated alkanes) is 17. The molecule has 0 spiro atoms. The van der Waals surface area contributed by atoms with Crippen LogP contribution in [0.3, 0.4) is 0 Å². The van der Waals surface area contributed by atoms with Crippen LogP contribution >= 0.6 is 0 Å². The molecule has 0 aromatic rings. The maximum absolute atomic E-state index is 12.7. The molecule has 0 aliphatic carbocycles. The van der Waals surface area contributed by atoms with Crippen molar-refractivity contribution in [3.63, 3.8) is 0 Å². The zero-order valence-electron chi connectivity index (χ0n) is 34.2. The van der Waals surface area contributed by atoms with Crippen LogP contribution in [0, 0.1) is 0 Å². The lowest BCUT2D eigenvalue weighted by Gasteiger charge is -2.34. The highest BCUT2D eigenvalue weighted by atomic mass is 16.6.